The SMILES string of the molecule is CCC(C)O.O=C(CNC(=O)c1cnc(-c2cc(F)cc(Cl)c2)o1)NC(CCCC(F)(F)F)C(=O)c1nccs1. The van der Waals surface area contributed by atoms with Crippen LogP contribution in [0.2, 0.25) is 5.02 Å². The second-order valence-corrected chi connectivity index (χ2v) is 9.79. The van der Waals surface area contributed by atoms with Crippen LogP contribution in [-0.4, -0.2) is 57.5 Å². The van der Waals surface area contributed by atoms with Crippen LogP contribution in [0.3, 0.4) is 0 Å². The van der Waals surface area contributed by atoms with Crippen LogP contribution in [0.5, 0.6) is 0 Å². The minimum Gasteiger partial charge on any atom is -0.431 e. The molecule has 3 rings (SSSR count). The molecule has 3 N–H and O–H groups in total. The molecule has 2 heterocycles. The number of oxazole rings is 1. The maximum absolute atomic E-state index is 13.5. The lowest BCUT2D eigenvalue weighted by Gasteiger charge is -2.17. The van der Waals surface area contributed by atoms with Crippen LogP contribution in [0.15, 0.2) is 40.4 Å². The zero-order chi connectivity index (χ0) is 29.9. The van der Waals surface area contributed by atoms with Crippen LogP contribution in [0.4, 0.5) is 17.6 Å². The maximum atomic E-state index is 13.5. The molecule has 15 heteroatoms. The zero-order valence-electron chi connectivity index (χ0n) is 21.4. The van der Waals surface area contributed by atoms with Crippen molar-refractivity contribution in [3.63, 3.8) is 0 Å². The Hall–Kier alpha value is -3.36. The summed E-state index contributed by atoms with van der Waals surface area (Å²) in [7, 11) is 0. The molecule has 0 radical (unpaired) electrons. The van der Waals surface area contributed by atoms with Gasteiger partial charge in [-0.25, -0.2) is 14.4 Å². The van der Waals surface area contributed by atoms with Crippen molar-refractivity contribution in [1.82, 2.24) is 20.6 Å². The Morgan fingerprint density at radius 1 is 1.20 bits per heavy atom. The van der Waals surface area contributed by atoms with Crippen molar-refractivity contribution >= 4 is 40.5 Å². The van der Waals surface area contributed by atoms with E-state index in [1.54, 1.807) is 6.92 Å². The molecule has 0 fully saturated rings. The van der Waals surface area contributed by atoms with E-state index in [1.807, 2.05) is 6.92 Å². The van der Waals surface area contributed by atoms with Gasteiger partial charge in [0.1, 0.15) is 5.82 Å². The first-order chi connectivity index (χ1) is 18.8. The number of carbonyl (C=O) groups is 3. The van der Waals surface area contributed by atoms with Gasteiger partial charge in [0.25, 0.3) is 5.91 Å². The number of benzene rings is 1. The molecule has 0 aliphatic rings. The highest BCUT2D eigenvalue weighted by Gasteiger charge is 2.29. The van der Waals surface area contributed by atoms with Gasteiger partial charge in [-0.1, -0.05) is 18.5 Å². The van der Waals surface area contributed by atoms with E-state index in [0.29, 0.717) is 0 Å². The highest BCUT2D eigenvalue weighted by molar-refractivity contribution is 7.11. The van der Waals surface area contributed by atoms with E-state index in [2.05, 4.69) is 20.6 Å². The van der Waals surface area contributed by atoms with E-state index in [1.165, 1.54) is 17.6 Å². The molecule has 0 bridgehead atoms. The summed E-state index contributed by atoms with van der Waals surface area (Å²) in [4.78, 5) is 44.8. The summed E-state index contributed by atoms with van der Waals surface area (Å²) in [5, 5.41) is 14.6. The molecule has 0 saturated carbocycles. The lowest BCUT2D eigenvalue weighted by atomic mass is 10.1. The number of amides is 2. The molecular weight excluding hydrogens is 580 g/mol. The quantitative estimate of drug-likeness (QED) is 0.202. The van der Waals surface area contributed by atoms with E-state index < -0.39 is 48.6 Å². The fourth-order valence-electron chi connectivity index (χ4n) is 2.95. The average Bonchev–Trinajstić information content (AvgIpc) is 3.58. The van der Waals surface area contributed by atoms with Crippen molar-refractivity contribution in [2.45, 2.75) is 57.9 Å². The highest BCUT2D eigenvalue weighted by Crippen LogP contribution is 2.25. The minimum atomic E-state index is -4.40. The van der Waals surface area contributed by atoms with Gasteiger partial charge in [0.2, 0.25) is 23.3 Å². The molecule has 0 aliphatic heterocycles. The number of halogens is 5. The Kier molecular flexibility index (Phi) is 12.7. The monoisotopic (exact) mass is 606 g/mol. The summed E-state index contributed by atoms with van der Waals surface area (Å²) in [6.07, 6.45) is -3.01. The lowest BCUT2D eigenvalue weighted by molar-refractivity contribution is -0.135. The van der Waals surface area contributed by atoms with Crippen molar-refractivity contribution in [3.8, 4) is 11.5 Å². The second kappa shape index (κ2) is 15.4. The van der Waals surface area contributed by atoms with Gasteiger partial charge in [-0.3, -0.25) is 14.4 Å². The van der Waals surface area contributed by atoms with E-state index in [9.17, 15) is 31.9 Å². The number of nitrogens with zero attached hydrogens (tertiary/aromatic N) is 2. The third-order valence-electron chi connectivity index (χ3n) is 5.09. The molecule has 2 amide bonds. The molecule has 9 nitrogen and oxygen atoms in total. The fourth-order valence-corrected chi connectivity index (χ4v) is 3.81. The molecule has 0 saturated heterocycles. The van der Waals surface area contributed by atoms with E-state index in [4.69, 9.17) is 21.1 Å². The topological polar surface area (TPSA) is 134 Å². The van der Waals surface area contributed by atoms with Gasteiger partial charge in [0.05, 0.1) is 24.9 Å². The molecule has 1 aromatic carbocycles. The van der Waals surface area contributed by atoms with Crippen LogP contribution in [-0.2, 0) is 4.79 Å². The van der Waals surface area contributed by atoms with Crippen LogP contribution in [0.1, 0.15) is 59.9 Å². The Morgan fingerprint density at radius 3 is 2.48 bits per heavy atom. The first-order valence-corrected chi connectivity index (χ1v) is 13.2. The number of thiazole rings is 1. The molecule has 0 aliphatic carbocycles. The standard InChI is InChI=1S/C21H17ClF4N4O4S.C4H10O/c22-12-6-11(7-13(23)8-12)19-29-9-15(34-19)18(33)28-10-16(31)30-14(2-1-3-21(24,25)26)17(32)20-27-4-5-35-20;1-3-4(2)5/h4-9,14H,1-3,10H2,(H,28,33)(H,30,31);4-5H,3H2,1-2H3. The smallest absolute Gasteiger partial charge is 0.389 e. The number of hydrogen-bond acceptors (Lipinski definition) is 8. The van der Waals surface area contributed by atoms with Crippen LogP contribution in [0, 0.1) is 5.82 Å². The number of Topliss-reactive ketones (excluding diaryl/α,β-unsaturated/α-hetero) is 1. The summed E-state index contributed by atoms with van der Waals surface area (Å²) in [5.41, 5.74) is 0.189. The molecule has 2 atom stereocenters. The molecule has 3 aromatic rings. The van der Waals surface area contributed by atoms with Crippen molar-refractivity contribution in [1.29, 1.82) is 0 Å². The number of ketones is 1. The van der Waals surface area contributed by atoms with Crippen molar-refractivity contribution in [2.75, 3.05) is 6.54 Å². The third-order valence-corrected chi connectivity index (χ3v) is 6.09. The van der Waals surface area contributed by atoms with E-state index in [-0.39, 0.29) is 46.2 Å². The molecular formula is C25H27ClF4N4O5S. The summed E-state index contributed by atoms with van der Waals surface area (Å²) >= 11 is 6.78. The molecule has 0 spiro atoms. The molecule has 218 valence electrons. The minimum absolute atomic E-state index is 0.0398. The first kappa shape index (κ1) is 32.8. The zero-order valence-corrected chi connectivity index (χ0v) is 23.0. The lowest BCUT2D eigenvalue weighted by Crippen LogP contribution is -2.45. The fraction of sp³-hybridized carbons (Fsp3) is 0.400. The number of carbonyl (C=O) groups excluding carboxylic acids is 3. The van der Waals surface area contributed by atoms with Gasteiger partial charge in [0.15, 0.2) is 5.01 Å². The highest BCUT2D eigenvalue weighted by atomic mass is 35.5. The largest absolute Gasteiger partial charge is 0.431 e. The normalized spacial score (nSPS) is 12.6. The van der Waals surface area contributed by atoms with Crippen LogP contribution >= 0.6 is 22.9 Å². The Morgan fingerprint density at radius 2 is 1.90 bits per heavy atom. The van der Waals surface area contributed by atoms with E-state index >= 15 is 0 Å². The van der Waals surface area contributed by atoms with Crippen LogP contribution < -0.4 is 10.6 Å². The van der Waals surface area contributed by atoms with Gasteiger partial charge in [0, 0.05) is 28.6 Å². The van der Waals surface area contributed by atoms with Gasteiger partial charge in [-0.2, -0.15) is 13.2 Å². The number of rotatable bonds is 11. The number of nitrogens with one attached hydrogen (secondary N) is 2. The van der Waals surface area contributed by atoms with Gasteiger partial charge in [-0.05, 0) is 44.4 Å². The first-order valence-electron chi connectivity index (χ1n) is 12.0. The summed E-state index contributed by atoms with van der Waals surface area (Å²) in [6, 6.07) is 2.31. The number of aliphatic hydroxyl groups is 1. The number of alkyl halides is 3. The number of hydrogen-bond donors (Lipinski definition) is 3. The van der Waals surface area contributed by atoms with Gasteiger partial charge < -0.3 is 20.2 Å². The van der Waals surface area contributed by atoms with E-state index in [0.717, 1.165) is 36.1 Å². The van der Waals surface area contributed by atoms with Gasteiger partial charge in [-0.15, -0.1) is 11.3 Å². The summed E-state index contributed by atoms with van der Waals surface area (Å²) in [5.74, 6) is -3.27. The van der Waals surface area contributed by atoms with Gasteiger partial charge >= 0.3 is 6.18 Å². The van der Waals surface area contributed by atoms with Crippen molar-refractivity contribution < 1.29 is 41.5 Å². The predicted octanol–water partition coefficient (Wildman–Crippen LogP) is 5.20. The van der Waals surface area contributed by atoms with Crippen molar-refractivity contribution in [3.05, 3.63) is 57.6 Å². The average molecular weight is 607 g/mol. The molecule has 2 aromatic heterocycles. The second-order valence-electron chi connectivity index (χ2n) is 8.46. The predicted molar refractivity (Wildman–Crippen MR) is 139 cm³/mol. The number of aromatic nitrogens is 2. The Balaban J connectivity index is 0.00000103. The maximum Gasteiger partial charge on any atom is 0.389 e. The Labute approximate surface area is 236 Å². The van der Waals surface area contributed by atoms with Crippen molar-refractivity contribution in [2.24, 2.45) is 0 Å². The number of aliphatic hydroxyl groups excluding tert-OH is 1. The Bertz CT molecular complexity index is 1250. The third kappa shape index (κ3) is 11.4. The summed E-state index contributed by atoms with van der Waals surface area (Å²) in [6.45, 7) is 3.13. The molecule has 2 unspecified atom stereocenters. The molecule has 40 heavy (non-hydrogen) atoms. The van der Waals surface area contributed by atoms with Crippen LogP contribution in [0.25, 0.3) is 11.5 Å². The summed E-state index contributed by atoms with van der Waals surface area (Å²) < 4.78 is 56.3.